The van der Waals surface area contributed by atoms with Gasteiger partial charge in [0.2, 0.25) is 0 Å². The largest absolute Gasteiger partial charge is 0.333 e. The van der Waals surface area contributed by atoms with Crippen molar-refractivity contribution in [1.29, 1.82) is 0 Å². The summed E-state index contributed by atoms with van der Waals surface area (Å²) in [6.45, 7) is 3.59. The predicted octanol–water partition coefficient (Wildman–Crippen LogP) is 1.70. The van der Waals surface area contributed by atoms with Gasteiger partial charge in [-0.2, -0.15) is 0 Å². The van der Waals surface area contributed by atoms with Crippen LogP contribution in [-0.2, 0) is 13.1 Å². The van der Waals surface area contributed by atoms with Crippen molar-refractivity contribution in [2.24, 2.45) is 5.73 Å². The zero-order chi connectivity index (χ0) is 10.7. The fraction of sp³-hybridized carbons (Fsp3) is 0.250. The number of rotatable bonds is 3. The number of imidazole rings is 1. The van der Waals surface area contributed by atoms with E-state index in [0.717, 1.165) is 6.54 Å². The molecule has 3 nitrogen and oxygen atoms in total. The third-order valence-electron chi connectivity index (χ3n) is 2.55. The Morgan fingerprint density at radius 3 is 2.87 bits per heavy atom. The number of nitrogens with zero attached hydrogens (tertiary/aromatic N) is 2. The van der Waals surface area contributed by atoms with Gasteiger partial charge in [-0.1, -0.05) is 18.2 Å². The zero-order valence-corrected chi connectivity index (χ0v) is 8.85. The van der Waals surface area contributed by atoms with Gasteiger partial charge < -0.3 is 10.3 Å². The molecule has 0 saturated carbocycles. The van der Waals surface area contributed by atoms with Crippen LogP contribution in [0.5, 0.6) is 0 Å². The SMILES string of the molecule is Cc1cc(CN)ccc1Cn1ccnc1. The van der Waals surface area contributed by atoms with Crippen LogP contribution in [0.2, 0.25) is 0 Å². The number of hydrogen-bond acceptors (Lipinski definition) is 2. The number of aryl methyl sites for hydroxylation is 1. The average molecular weight is 201 g/mol. The van der Waals surface area contributed by atoms with Crippen LogP contribution in [0.15, 0.2) is 36.9 Å². The molecule has 3 heteroatoms. The number of benzene rings is 1. The van der Waals surface area contributed by atoms with Crippen LogP contribution in [0.25, 0.3) is 0 Å². The summed E-state index contributed by atoms with van der Waals surface area (Å²) in [6, 6.07) is 6.36. The van der Waals surface area contributed by atoms with Crippen molar-refractivity contribution in [3.63, 3.8) is 0 Å². The predicted molar refractivity (Wildman–Crippen MR) is 60.4 cm³/mol. The molecule has 2 rings (SSSR count). The van der Waals surface area contributed by atoms with E-state index in [0.29, 0.717) is 6.54 Å². The Hall–Kier alpha value is -1.61. The molecule has 0 aliphatic rings. The molecule has 0 atom stereocenters. The molecule has 0 fully saturated rings. The number of hydrogen-bond donors (Lipinski definition) is 1. The highest BCUT2D eigenvalue weighted by Gasteiger charge is 2.00. The van der Waals surface area contributed by atoms with Crippen LogP contribution >= 0.6 is 0 Å². The summed E-state index contributed by atoms with van der Waals surface area (Å²) >= 11 is 0. The van der Waals surface area contributed by atoms with E-state index in [1.165, 1.54) is 16.7 Å². The van der Waals surface area contributed by atoms with E-state index in [-0.39, 0.29) is 0 Å². The molecule has 0 saturated heterocycles. The lowest BCUT2D eigenvalue weighted by Gasteiger charge is -2.08. The van der Waals surface area contributed by atoms with E-state index in [2.05, 4.69) is 34.7 Å². The molecule has 15 heavy (non-hydrogen) atoms. The van der Waals surface area contributed by atoms with Gasteiger partial charge in [-0.05, 0) is 23.6 Å². The minimum atomic E-state index is 0.603. The maximum absolute atomic E-state index is 5.59. The summed E-state index contributed by atoms with van der Waals surface area (Å²) in [7, 11) is 0. The van der Waals surface area contributed by atoms with Gasteiger partial charge in [0.15, 0.2) is 0 Å². The molecule has 1 aromatic heterocycles. The van der Waals surface area contributed by atoms with Crippen LogP contribution in [0, 0.1) is 6.92 Å². The average Bonchev–Trinajstić information content (AvgIpc) is 2.74. The Kier molecular flexibility index (Phi) is 2.83. The van der Waals surface area contributed by atoms with Gasteiger partial charge in [-0.15, -0.1) is 0 Å². The molecule has 0 aliphatic heterocycles. The molecular formula is C12H15N3. The first-order valence-electron chi connectivity index (χ1n) is 5.04. The molecule has 0 amide bonds. The van der Waals surface area contributed by atoms with Gasteiger partial charge in [-0.3, -0.25) is 0 Å². The maximum Gasteiger partial charge on any atom is 0.0949 e. The normalized spacial score (nSPS) is 10.5. The Bertz CT molecular complexity index is 432. The summed E-state index contributed by atoms with van der Waals surface area (Å²) in [4.78, 5) is 4.02. The van der Waals surface area contributed by atoms with Crippen molar-refractivity contribution in [3.05, 3.63) is 53.6 Å². The first-order valence-corrected chi connectivity index (χ1v) is 5.04. The van der Waals surface area contributed by atoms with Gasteiger partial charge in [-0.25, -0.2) is 4.98 Å². The lowest BCUT2D eigenvalue weighted by atomic mass is 10.1. The van der Waals surface area contributed by atoms with Crippen LogP contribution in [0.1, 0.15) is 16.7 Å². The first-order chi connectivity index (χ1) is 7.29. The summed E-state index contributed by atoms with van der Waals surface area (Å²) < 4.78 is 2.06. The summed E-state index contributed by atoms with van der Waals surface area (Å²) in [6.07, 6.45) is 5.59. The second kappa shape index (κ2) is 4.28. The van der Waals surface area contributed by atoms with Crippen molar-refractivity contribution in [2.75, 3.05) is 0 Å². The molecular weight excluding hydrogens is 186 g/mol. The lowest BCUT2D eigenvalue weighted by Crippen LogP contribution is -2.01. The van der Waals surface area contributed by atoms with Crippen LogP contribution in [0.4, 0.5) is 0 Å². The molecule has 0 spiro atoms. The molecule has 1 aromatic carbocycles. The van der Waals surface area contributed by atoms with E-state index in [1.807, 2.05) is 12.5 Å². The molecule has 78 valence electrons. The van der Waals surface area contributed by atoms with E-state index >= 15 is 0 Å². The quantitative estimate of drug-likeness (QED) is 0.821. The van der Waals surface area contributed by atoms with Gasteiger partial charge in [0.1, 0.15) is 0 Å². The molecule has 2 aromatic rings. The second-order valence-corrected chi connectivity index (χ2v) is 3.70. The minimum absolute atomic E-state index is 0.603. The molecule has 0 radical (unpaired) electrons. The molecule has 2 N–H and O–H groups in total. The van der Waals surface area contributed by atoms with Crippen molar-refractivity contribution in [1.82, 2.24) is 9.55 Å². The maximum atomic E-state index is 5.59. The number of aromatic nitrogens is 2. The highest BCUT2D eigenvalue weighted by molar-refractivity contribution is 5.31. The van der Waals surface area contributed by atoms with Crippen molar-refractivity contribution < 1.29 is 0 Å². The molecule has 0 unspecified atom stereocenters. The fourth-order valence-corrected chi connectivity index (χ4v) is 1.64. The highest BCUT2D eigenvalue weighted by Crippen LogP contribution is 2.12. The standard InChI is InChI=1S/C12H15N3/c1-10-6-11(7-13)2-3-12(10)8-15-5-4-14-9-15/h2-6,9H,7-8,13H2,1H3. The highest BCUT2D eigenvalue weighted by atomic mass is 15.0. The Balaban J connectivity index is 2.22. The Morgan fingerprint density at radius 2 is 2.27 bits per heavy atom. The van der Waals surface area contributed by atoms with Crippen molar-refractivity contribution >= 4 is 0 Å². The van der Waals surface area contributed by atoms with Crippen molar-refractivity contribution in [2.45, 2.75) is 20.0 Å². The topological polar surface area (TPSA) is 43.8 Å². The van der Waals surface area contributed by atoms with Gasteiger partial charge in [0.05, 0.1) is 6.33 Å². The van der Waals surface area contributed by atoms with Gasteiger partial charge in [0.25, 0.3) is 0 Å². The van der Waals surface area contributed by atoms with E-state index in [1.54, 1.807) is 6.20 Å². The first kappa shape index (κ1) is 9.93. The molecule has 0 aliphatic carbocycles. The molecule has 1 heterocycles. The number of nitrogens with two attached hydrogens (primary N) is 1. The fourth-order valence-electron chi connectivity index (χ4n) is 1.64. The van der Waals surface area contributed by atoms with Crippen molar-refractivity contribution in [3.8, 4) is 0 Å². The minimum Gasteiger partial charge on any atom is -0.333 e. The van der Waals surface area contributed by atoms with Gasteiger partial charge in [0, 0.05) is 25.5 Å². The third kappa shape index (κ3) is 2.25. The van der Waals surface area contributed by atoms with Crippen LogP contribution in [-0.4, -0.2) is 9.55 Å². The second-order valence-electron chi connectivity index (χ2n) is 3.70. The monoisotopic (exact) mass is 201 g/mol. The van der Waals surface area contributed by atoms with E-state index in [4.69, 9.17) is 5.73 Å². The zero-order valence-electron chi connectivity index (χ0n) is 8.85. The molecule has 0 bridgehead atoms. The van der Waals surface area contributed by atoms with Crippen LogP contribution < -0.4 is 5.73 Å². The summed E-state index contributed by atoms with van der Waals surface area (Å²) in [5, 5.41) is 0. The summed E-state index contributed by atoms with van der Waals surface area (Å²) in [5.41, 5.74) is 9.37. The smallest absolute Gasteiger partial charge is 0.0949 e. The Morgan fingerprint density at radius 1 is 1.40 bits per heavy atom. The Labute approximate surface area is 89.6 Å². The summed E-state index contributed by atoms with van der Waals surface area (Å²) in [5.74, 6) is 0. The lowest BCUT2D eigenvalue weighted by molar-refractivity contribution is 0.791. The van der Waals surface area contributed by atoms with Crippen LogP contribution in [0.3, 0.4) is 0 Å². The van der Waals surface area contributed by atoms with E-state index < -0.39 is 0 Å². The third-order valence-corrected chi connectivity index (χ3v) is 2.55. The van der Waals surface area contributed by atoms with E-state index in [9.17, 15) is 0 Å². The van der Waals surface area contributed by atoms with Gasteiger partial charge >= 0.3 is 0 Å².